The normalized spacial score (nSPS) is 10.2. The van der Waals surface area contributed by atoms with Crippen molar-refractivity contribution in [1.29, 1.82) is 0 Å². The molecule has 0 atom stereocenters. The maximum Gasteiger partial charge on any atom is 0.300 e. The molecular formula is C12H13N5O3S. The van der Waals surface area contributed by atoms with Crippen molar-refractivity contribution in [1.82, 2.24) is 9.97 Å². The topological polar surface area (TPSA) is 110 Å². The van der Waals surface area contributed by atoms with Crippen LogP contribution in [-0.4, -0.2) is 27.8 Å². The van der Waals surface area contributed by atoms with Crippen LogP contribution in [0.5, 0.6) is 0 Å². The Kier molecular flexibility index (Phi) is 4.13. The first-order valence-corrected chi connectivity index (χ1v) is 6.81. The first-order chi connectivity index (χ1) is 9.92. The van der Waals surface area contributed by atoms with Crippen molar-refractivity contribution in [2.24, 2.45) is 0 Å². The molecule has 0 aromatic carbocycles. The second kappa shape index (κ2) is 5.83. The number of nitrogens with zero attached hydrogens (tertiary/aromatic N) is 3. The Balaban J connectivity index is 2.35. The fourth-order valence-electron chi connectivity index (χ4n) is 1.60. The quantitative estimate of drug-likeness (QED) is 0.662. The van der Waals surface area contributed by atoms with Gasteiger partial charge < -0.3 is 5.32 Å². The molecule has 0 aliphatic carbocycles. The zero-order valence-corrected chi connectivity index (χ0v) is 12.4. The first-order valence-electron chi connectivity index (χ1n) is 6.00. The van der Waals surface area contributed by atoms with Crippen LogP contribution in [0.4, 0.5) is 16.6 Å². The molecule has 0 unspecified atom stereocenters. The minimum absolute atomic E-state index is 0.0649. The highest BCUT2D eigenvalue weighted by Crippen LogP contribution is 2.24. The highest BCUT2D eigenvalue weighted by Gasteiger charge is 2.22. The number of rotatable bonds is 4. The maximum absolute atomic E-state index is 12.2. The molecule has 0 aliphatic heterocycles. The summed E-state index contributed by atoms with van der Waals surface area (Å²) in [6.45, 7) is 3.71. The highest BCUT2D eigenvalue weighted by atomic mass is 32.1. The predicted molar refractivity (Wildman–Crippen MR) is 80.0 cm³/mol. The van der Waals surface area contributed by atoms with E-state index in [0.717, 1.165) is 16.8 Å². The third kappa shape index (κ3) is 3.14. The van der Waals surface area contributed by atoms with Crippen LogP contribution in [0, 0.1) is 24.0 Å². The number of carbonyl (C=O) groups excluding carboxylic acids is 1. The molecule has 9 heteroatoms. The van der Waals surface area contributed by atoms with E-state index in [4.69, 9.17) is 0 Å². The van der Waals surface area contributed by atoms with E-state index < -0.39 is 10.8 Å². The molecule has 2 heterocycles. The van der Waals surface area contributed by atoms with Gasteiger partial charge in [-0.15, -0.1) is 11.3 Å². The zero-order chi connectivity index (χ0) is 15.6. The van der Waals surface area contributed by atoms with Gasteiger partial charge >= 0.3 is 0 Å². The minimum Gasteiger partial charge on any atom is -0.373 e. The summed E-state index contributed by atoms with van der Waals surface area (Å²) in [5.41, 5.74) is 0.400. The number of aromatic nitrogens is 2. The average molecular weight is 307 g/mol. The Hall–Kier alpha value is -2.55. The van der Waals surface area contributed by atoms with Crippen LogP contribution in [0.3, 0.4) is 0 Å². The number of hydrogen-bond donors (Lipinski definition) is 2. The molecule has 0 bridgehead atoms. The number of anilines is 2. The number of carbonyl (C=O) groups is 1. The molecule has 0 radical (unpaired) electrons. The second-order valence-corrected chi connectivity index (χ2v) is 5.41. The van der Waals surface area contributed by atoms with Crippen LogP contribution >= 0.6 is 11.3 Å². The van der Waals surface area contributed by atoms with Gasteiger partial charge in [-0.05, 0) is 13.8 Å². The molecule has 0 fully saturated rings. The van der Waals surface area contributed by atoms with Gasteiger partial charge in [0.05, 0.1) is 10.6 Å². The van der Waals surface area contributed by atoms with Crippen LogP contribution in [0.2, 0.25) is 0 Å². The molecule has 0 spiro atoms. The molecule has 0 saturated carbocycles. The highest BCUT2D eigenvalue weighted by molar-refractivity contribution is 7.15. The SMILES string of the molecule is CNc1cc(C(=O)Nc2nc(C)c(C)s2)c([N+](=O)[O-])cn1. The van der Waals surface area contributed by atoms with E-state index in [0.29, 0.717) is 10.9 Å². The molecule has 21 heavy (non-hydrogen) atoms. The van der Waals surface area contributed by atoms with Gasteiger partial charge in [-0.2, -0.15) is 0 Å². The van der Waals surface area contributed by atoms with Gasteiger partial charge in [-0.1, -0.05) is 0 Å². The number of aryl methyl sites for hydroxylation is 2. The average Bonchev–Trinajstić information content (AvgIpc) is 2.76. The molecule has 110 valence electrons. The summed E-state index contributed by atoms with van der Waals surface area (Å²) in [4.78, 5) is 31.6. The van der Waals surface area contributed by atoms with Gasteiger partial charge in [-0.3, -0.25) is 20.2 Å². The second-order valence-electron chi connectivity index (χ2n) is 4.21. The lowest BCUT2D eigenvalue weighted by atomic mass is 10.2. The molecule has 1 amide bonds. The van der Waals surface area contributed by atoms with E-state index >= 15 is 0 Å². The molecule has 0 aliphatic rings. The smallest absolute Gasteiger partial charge is 0.300 e. The lowest BCUT2D eigenvalue weighted by Crippen LogP contribution is -2.14. The van der Waals surface area contributed by atoms with Gasteiger partial charge in [0.15, 0.2) is 5.13 Å². The van der Waals surface area contributed by atoms with Gasteiger partial charge in [0.1, 0.15) is 17.6 Å². The molecule has 2 aromatic heterocycles. The van der Waals surface area contributed by atoms with Crippen molar-refractivity contribution in [3.8, 4) is 0 Å². The summed E-state index contributed by atoms with van der Waals surface area (Å²) in [5, 5.41) is 16.7. The summed E-state index contributed by atoms with van der Waals surface area (Å²) in [7, 11) is 1.61. The molecule has 2 aromatic rings. The Morgan fingerprint density at radius 1 is 1.43 bits per heavy atom. The molecule has 8 nitrogen and oxygen atoms in total. The fraction of sp³-hybridized carbons (Fsp3) is 0.250. The molecule has 2 rings (SSSR count). The van der Waals surface area contributed by atoms with Crippen molar-refractivity contribution in [2.75, 3.05) is 17.7 Å². The van der Waals surface area contributed by atoms with E-state index in [1.54, 1.807) is 7.05 Å². The minimum atomic E-state index is -0.639. The van der Waals surface area contributed by atoms with Crippen molar-refractivity contribution in [3.05, 3.63) is 38.5 Å². The summed E-state index contributed by atoms with van der Waals surface area (Å²) < 4.78 is 0. The monoisotopic (exact) mass is 307 g/mol. The Bertz CT molecular complexity index is 693. The first kappa shape index (κ1) is 14.9. The zero-order valence-electron chi connectivity index (χ0n) is 11.6. The van der Waals surface area contributed by atoms with Crippen molar-refractivity contribution in [3.63, 3.8) is 0 Å². The summed E-state index contributed by atoms with van der Waals surface area (Å²) in [6.07, 6.45) is 1.05. The van der Waals surface area contributed by atoms with Gasteiger partial charge in [0.25, 0.3) is 11.6 Å². The fourth-order valence-corrected chi connectivity index (χ4v) is 2.41. The van der Waals surface area contributed by atoms with E-state index in [-0.39, 0.29) is 11.3 Å². The summed E-state index contributed by atoms with van der Waals surface area (Å²) >= 11 is 1.32. The largest absolute Gasteiger partial charge is 0.373 e. The Morgan fingerprint density at radius 2 is 2.14 bits per heavy atom. The standard InChI is InChI=1S/C12H13N5O3S/c1-6-7(2)21-12(15-6)16-11(18)8-4-10(13-3)14-5-9(8)17(19)20/h4-5H,1-3H3,(H,13,14)(H,15,16,18). The van der Waals surface area contributed by atoms with Crippen LogP contribution in [-0.2, 0) is 0 Å². The van der Waals surface area contributed by atoms with Crippen LogP contribution < -0.4 is 10.6 Å². The lowest BCUT2D eigenvalue weighted by Gasteiger charge is -2.05. The number of nitrogens with one attached hydrogen (secondary N) is 2. The lowest BCUT2D eigenvalue weighted by molar-refractivity contribution is -0.385. The van der Waals surface area contributed by atoms with Crippen LogP contribution in [0.1, 0.15) is 20.9 Å². The predicted octanol–water partition coefficient (Wildman–Crippen LogP) is 2.36. The van der Waals surface area contributed by atoms with Gasteiger partial charge in [0.2, 0.25) is 0 Å². The van der Waals surface area contributed by atoms with Gasteiger partial charge in [-0.25, -0.2) is 9.97 Å². The molecule has 2 N–H and O–H groups in total. The Labute approximate surface area is 124 Å². The molecule has 0 saturated heterocycles. The summed E-state index contributed by atoms with van der Waals surface area (Å²) in [5.74, 6) is -0.216. The van der Waals surface area contributed by atoms with Crippen molar-refractivity contribution in [2.45, 2.75) is 13.8 Å². The number of nitro groups is 1. The van der Waals surface area contributed by atoms with E-state index in [2.05, 4.69) is 20.6 Å². The number of amides is 1. The van der Waals surface area contributed by atoms with E-state index in [9.17, 15) is 14.9 Å². The van der Waals surface area contributed by atoms with Gasteiger partial charge in [0, 0.05) is 18.0 Å². The van der Waals surface area contributed by atoms with Crippen molar-refractivity contribution < 1.29 is 9.72 Å². The number of thiazole rings is 1. The van der Waals surface area contributed by atoms with Crippen LogP contribution in [0.15, 0.2) is 12.3 Å². The third-order valence-corrected chi connectivity index (χ3v) is 3.82. The van der Waals surface area contributed by atoms with E-state index in [1.165, 1.54) is 17.4 Å². The maximum atomic E-state index is 12.2. The number of pyridine rings is 1. The van der Waals surface area contributed by atoms with Crippen LogP contribution in [0.25, 0.3) is 0 Å². The molecular weight excluding hydrogens is 294 g/mol. The van der Waals surface area contributed by atoms with E-state index in [1.807, 2.05) is 13.8 Å². The Morgan fingerprint density at radius 3 is 2.67 bits per heavy atom. The number of hydrogen-bond acceptors (Lipinski definition) is 7. The third-order valence-electron chi connectivity index (χ3n) is 2.83. The summed E-state index contributed by atoms with van der Waals surface area (Å²) in [6, 6.07) is 1.33. The van der Waals surface area contributed by atoms with Crippen molar-refractivity contribution >= 4 is 33.9 Å².